The number of ether oxygens (including phenoxy) is 1. The van der Waals surface area contributed by atoms with Crippen molar-refractivity contribution in [3.8, 4) is 0 Å². The molecule has 3 N–H and O–H groups in total. The van der Waals surface area contributed by atoms with E-state index in [4.69, 9.17) is 10.6 Å². The molecule has 0 amide bonds. The molecule has 1 fully saturated rings. The summed E-state index contributed by atoms with van der Waals surface area (Å²) in [5, 5.41) is 0. The molecule has 0 spiro atoms. The third kappa shape index (κ3) is 1.47. The number of aryl methyl sites for hydroxylation is 1. The molecule has 15 heavy (non-hydrogen) atoms. The Morgan fingerprint density at radius 3 is 2.33 bits per heavy atom. The molecular formula is C12H18N2O. The summed E-state index contributed by atoms with van der Waals surface area (Å²) in [5.74, 6) is 5.63. The van der Waals surface area contributed by atoms with E-state index in [0.717, 1.165) is 0 Å². The van der Waals surface area contributed by atoms with Gasteiger partial charge < -0.3 is 4.74 Å². The van der Waals surface area contributed by atoms with Crippen molar-refractivity contribution in [1.29, 1.82) is 0 Å². The minimum atomic E-state index is -0.164. The molecule has 3 heteroatoms. The molecule has 1 aromatic rings. The van der Waals surface area contributed by atoms with Gasteiger partial charge in [0.25, 0.3) is 0 Å². The van der Waals surface area contributed by atoms with Crippen LogP contribution in [0.2, 0.25) is 0 Å². The van der Waals surface area contributed by atoms with Gasteiger partial charge in [0.1, 0.15) is 5.54 Å². The molecule has 0 atom stereocenters. The van der Waals surface area contributed by atoms with E-state index in [1.165, 1.54) is 22.3 Å². The van der Waals surface area contributed by atoms with Crippen LogP contribution in [0.4, 0.5) is 0 Å². The smallest absolute Gasteiger partial charge is 0.104 e. The second-order valence-electron chi connectivity index (χ2n) is 4.40. The highest BCUT2D eigenvalue weighted by molar-refractivity contribution is 5.43. The molecule has 82 valence electrons. The van der Waals surface area contributed by atoms with E-state index in [-0.39, 0.29) is 5.54 Å². The Kier molecular flexibility index (Phi) is 2.54. The van der Waals surface area contributed by atoms with Crippen molar-refractivity contribution in [1.82, 2.24) is 5.43 Å². The molecule has 2 rings (SSSR count). The first-order valence-corrected chi connectivity index (χ1v) is 5.23. The summed E-state index contributed by atoms with van der Waals surface area (Å²) in [4.78, 5) is 0. The molecule has 0 bridgehead atoms. The summed E-state index contributed by atoms with van der Waals surface area (Å²) in [6, 6.07) is 4.30. The first-order valence-electron chi connectivity index (χ1n) is 5.23. The second kappa shape index (κ2) is 3.59. The average Bonchev–Trinajstić information content (AvgIpc) is 2.17. The van der Waals surface area contributed by atoms with Crippen LogP contribution in [0.3, 0.4) is 0 Å². The highest BCUT2D eigenvalue weighted by atomic mass is 16.5. The third-order valence-electron chi connectivity index (χ3n) is 3.55. The molecule has 0 aliphatic carbocycles. The topological polar surface area (TPSA) is 47.3 Å². The van der Waals surface area contributed by atoms with Crippen molar-refractivity contribution in [3.63, 3.8) is 0 Å². The van der Waals surface area contributed by atoms with E-state index < -0.39 is 0 Å². The van der Waals surface area contributed by atoms with Crippen LogP contribution in [0.25, 0.3) is 0 Å². The van der Waals surface area contributed by atoms with Crippen LogP contribution in [0, 0.1) is 20.8 Å². The number of rotatable bonds is 2. The van der Waals surface area contributed by atoms with E-state index >= 15 is 0 Å². The lowest BCUT2D eigenvalue weighted by Gasteiger charge is -2.42. The average molecular weight is 206 g/mol. The van der Waals surface area contributed by atoms with Crippen LogP contribution in [0.15, 0.2) is 12.1 Å². The van der Waals surface area contributed by atoms with Crippen molar-refractivity contribution in [3.05, 3.63) is 34.4 Å². The second-order valence-corrected chi connectivity index (χ2v) is 4.40. The van der Waals surface area contributed by atoms with Gasteiger partial charge in [0.15, 0.2) is 0 Å². The molecule has 0 aromatic heterocycles. The molecule has 0 radical (unpaired) electrons. The first-order chi connectivity index (χ1) is 7.10. The summed E-state index contributed by atoms with van der Waals surface area (Å²) < 4.78 is 5.27. The van der Waals surface area contributed by atoms with Crippen molar-refractivity contribution in [2.75, 3.05) is 13.2 Å². The minimum Gasteiger partial charge on any atom is -0.377 e. The third-order valence-corrected chi connectivity index (χ3v) is 3.55. The number of nitrogens with one attached hydrogen (secondary N) is 1. The van der Waals surface area contributed by atoms with Crippen molar-refractivity contribution in [2.24, 2.45) is 5.84 Å². The quantitative estimate of drug-likeness (QED) is 0.566. The number of hydrogen-bond donors (Lipinski definition) is 2. The first kappa shape index (κ1) is 10.6. The zero-order valence-corrected chi connectivity index (χ0v) is 9.55. The van der Waals surface area contributed by atoms with Gasteiger partial charge in [0, 0.05) is 0 Å². The Morgan fingerprint density at radius 1 is 1.20 bits per heavy atom. The van der Waals surface area contributed by atoms with Gasteiger partial charge in [-0.25, -0.2) is 5.43 Å². The van der Waals surface area contributed by atoms with E-state index in [1.54, 1.807) is 0 Å². The fourth-order valence-electron chi connectivity index (χ4n) is 2.10. The van der Waals surface area contributed by atoms with Gasteiger partial charge >= 0.3 is 0 Å². The van der Waals surface area contributed by atoms with Crippen LogP contribution in [0.1, 0.15) is 22.3 Å². The van der Waals surface area contributed by atoms with Crippen molar-refractivity contribution in [2.45, 2.75) is 26.3 Å². The fraction of sp³-hybridized carbons (Fsp3) is 0.500. The zero-order valence-electron chi connectivity index (χ0n) is 9.55. The van der Waals surface area contributed by atoms with Crippen LogP contribution >= 0.6 is 0 Å². The molecule has 1 heterocycles. The Hall–Kier alpha value is -0.900. The Balaban J connectivity index is 2.49. The maximum absolute atomic E-state index is 5.63. The molecule has 0 saturated carbocycles. The van der Waals surface area contributed by atoms with Gasteiger partial charge in [-0.05, 0) is 43.0 Å². The molecule has 1 aliphatic rings. The maximum atomic E-state index is 5.63. The van der Waals surface area contributed by atoms with Gasteiger partial charge in [-0.15, -0.1) is 0 Å². The molecule has 3 nitrogen and oxygen atoms in total. The summed E-state index contributed by atoms with van der Waals surface area (Å²) in [6.07, 6.45) is 0. The fourth-order valence-corrected chi connectivity index (χ4v) is 2.10. The zero-order chi connectivity index (χ0) is 11.1. The van der Waals surface area contributed by atoms with E-state index in [0.29, 0.717) is 13.2 Å². The van der Waals surface area contributed by atoms with E-state index in [1.807, 2.05) is 0 Å². The lowest BCUT2D eigenvalue weighted by Crippen LogP contribution is -2.60. The van der Waals surface area contributed by atoms with Gasteiger partial charge in [0.2, 0.25) is 0 Å². The minimum absolute atomic E-state index is 0.164. The summed E-state index contributed by atoms with van der Waals surface area (Å²) in [6.45, 7) is 7.75. The molecule has 1 saturated heterocycles. The van der Waals surface area contributed by atoms with Crippen molar-refractivity contribution >= 4 is 0 Å². The molecule has 0 unspecified atom stereocenters. The standard InChI is InChI=1S/C12H18N2O/c1-8-4-5-11(10(3)9(8)2)12(14-13)6-15-7-12/h4-5,14H,6-7,13H2,1-3H3. The van der Waals surface area contributed by atoms with Crippen LogP contribution < -0.4 is 11.3 Å². The van der Waals surface area contributed by atoms with Gasteiger partial charge in [-0.3, -0.25) is 5.84 Å². The monoisotopic (exact) mass is 206 g/mol. The summed E-state index contributed by atoms with van der Waals surface area (Å²) in [5.41, 5.74) is 7.97. The Morgan fingerprint density at radius 2 is 1.87 bits per heavy atom. The molecule has 1 aliphatic heterocycles. The molecule has 1 aromatic carbocycles. The van der Waals surface area contributed by atoms with Gasteiger partial charge in [-0.2, -0.15) is 0 Å². The SMILES string of the molecule is Cc1ccc(C2(NN)COC2)c(C)c1C. The van der Waals surface area contributed by atoms with Crippen LogP contribution in [-0.2, 0) is 10.3 Å². The highest BCUT2D eigenvalue weighted by Crippen LogP contribution is 2.32. The van der Waals surface area contributed by atoms with Crippen molar-refractivity contribution < 1.29 is 4.74 Å². The number of hydrazine groups is 1. The summed E-state index contributed by atoms with van der Waals surface area (Å²) >= 11 is 0. The predicted molar refractivity (Wildman–Crippen MR) is 60.5 cm³/mol. The van der Waals surface area contributed by atoms with Gasteiger partial charge in [0.05, 0.1) is 13.2 Å². The number of hydrogen-bond acceptors (Lipinski definition) is 3. The summed E-state index contributed by atoms with van der Waals surface area (Å²) in [7, 11) is 0. The Labute approximate surface area is 90.6 Å². The largest absolute Gasteiger partial charge is 0.377 e. The highest BCUT2D eigenvalue weighted by Gasteiger charge is 2.40. The van der Waals surface area contributed by atoms with E-state index in [9.17, 15) is 0 Å². The van der Waals surface area contributed by atoms with Crippen LogP contribution in [0.5, 0.6) is 0 Å². The Bertz CT molecular complexity index is 378. The normalized spacial score (nSPS) is 18.7. The number of nitrogens with two attached hydrogens (primary N) is 1. The predicted octanol–water partition coefficient (Wildman–Crippen LogP) is 1.30. The number of benzene rings is 1. The maximum Gasteiger partial charge on any atom is 0.104 e. The molecular weight excluding hydrogens is 188 g/mol. The van der Waals surface area contributed by atoms with Gasteiger partial charge in [-0.1, -0.05) is 12.1 Å². The lowest BCUT2D eigenvalue weighted by molar-refractivity contribution is -0.0790. The lowest BCUT2D eigenvalue weighted by atomic mass is 9.83. The van der Waals surface area contributed by atoms with Crippen LogP contribution in [-0.4, -0.2) is 13.2 Å². The van der Waals surface area contributed by atoms with E-state index in [2.05, 4.69) is 38.3 Å².